The molecule has 1 aliphatic rings. The maximum atomic E-state index is 4.01. The summed E-state index contributed by atoms with van der Waals surface area (Å²) in [5.41, 5.74) is 4.53. The SMILES string of the molecule is CC1Cc2ccc3c(ccc4cc(Br)ccc43)c2C(c2ccccc2)C1.c1ccc2cnccc2c1. The minimum atomic E-state index is 0.492. The highest BCUT2D eigenvalue weighted by molar-refractivity contribution is 9.10. The van der Waals surface area contributed by atoms with Crippen molar-refractivity contribution in [3.8, 4) is 0 Å². The molecule has 1 heterocycles. The maximum Gasteiger partial charge on any atom is 0.0346 e. The average Bonchev–Trinajstić information content (AvgIpc) is 2.93. The van der Waals surface area contributed by atoms with E-state index in [4.69, 9.17) is 0 Å². The molecule has 0 fully saturated rings. The summed E-state index contributed by atoms with van der Waals surface area (Å²) >= 11 is 3.60. The number of hydrogen-bond donors (Lipinski definition) is 0. The second-order valence-corrected chi connectivity index (χ2v) is 10.8. The molecule has 1 nitrogen and oxygen atoms in total. The van der Waals surface area contributed by atoms with Crippen LogP contribution < -0.4 is 0 Å². The van der Waals surface area contributed by atoms with E-state index in [9.17, 15) is 0 Å². The van der Waals surface area contributed by atoms with Crippen LogP contribution in [0.15, 0.2) is 120 Å². The maximum absolute atomic E-state index is 4.01. The Balaban J connectivity index is 0.000000200. The van der Waals surface area contributed by atoms with E-state index in [1.807, 2.05) is 30.6 Å². The van der Waals surface area contributed by atoms with Gasteiger partial charge in [-0.2, -0.15) is 0 Å². The predicted octanol–water partition coefficient (Wildman–Crippen LogP) is 9.70. The van der Waals surface area contributed by atoms with E-state index >= 15 is 0 Å². The molecule has 1 aliphatic carbocycles. The normalized spacial score (nSPS) is 16.9. The summed E-state index contributed by atoms with van der Waals surface area (Å²) in [6, 6.07) is 37.2. The molecule has 2 heteroatoms. The molecule has 0 saturated carbocycles. The van der Waals surface area contributed by atoms with Gasteiger partial charge in [-0.05, 0) is 86.0 Å². The molecule has 0 bridgehead atoms. The number of fused-ring (bicyclic) bond motifs is 6. The first-order valence-electron chi connectivity index (χ1n) is 12.6. The highest BCUT2D eigenvalue weighted by Crippen LogP contribution is 2.44. The molecule has 2 unspecified atom stereocenters. The topological polar surface area (TPSA) is 12.9 Å². The fraction of sp³-hybridized carbons (Fsp3) is 0.147. The largest absolute Gasteiger partial charge is 0.264 e. The van der Waals surface area contributed by atoms with Gasteiger partial charge in [0.05, 0.1) is 0 Å². The van der Waals surface area contributed by atoms with Gasteiger partial charge in [-0.15, -0.1) is 0 Å². The lowest BCUT2D eigenvalue weighted by Crippen LogP contribution is -2.18. The molecule has 0 amide bonds. The third kappa shape index (κ3) is 4.42. The molecule has 36 heavy (non-hydrogen) atoms. The summed E-state index contributed by atoms with van der Waals surface area (Å²) in [6.07, 6.45) is 6.10. The first-order chi connectivity index (χ1) is 17.7. The molecule has 0 N–H and O–H groups in total. The van der Waals surface area contributed by atoms with Crippen molar-refractivity contribution < 1.29 is 0 Å². The van der Waals surface area contributed by atoms with Crippen LogP contribution in [0.3, 0.4) is 0 Å². The summed E-state index contributed by atoms with van der Waals surface area (Å²) in [4.78, 5) is 4.01. The first kappa shape index (κ1) is 22.9. The van der Waals surface area contributed by atoms with Gasteiger partial charge >= 0.3 is 0 Å². The third-order valence-corrected chi connectivity index (χ3v) is 7.91. The van der Waals surface area contributed by atoms with Crippen LogP contribution in [0, 0.1) is 5.92 Å². The lowest BCUT2D eigenvalue weighted by Gasteiger charge is -2.31. The van der Waals surface area contributed by atoms with E-state index < -0.39 is 0 Å². The Morgan fingerprint density at radius 2 is 1.44 bits per heavy atom. The highest BCUT2D eigenvalue weighted by atomic mass is 79.9. The number of halogens is 1. The van der Waals surface area contributed by atoms with Gasteiger partial charge in [0.1, 0.15) is 0 Å². The number of hydrogen-bond acceptors (Lipinski definition) is 1. The van der Waals surface area contributed by atoms with Gasteiger partial charge in [0, 0.05) is 22.8 Å². The Kier molecular flexibility index (Phi) is 6.29. The molecule has 0 saturated heterocycles. The number of benzene rings is 5. The minimum Gasteiger partial charge on any atom is -0.264 e. The molecule has 0 radical (unpaired) electrons. The number of rotatable bonds is 1. The van der Waals surface area contributed by atoms with Gasteiger partial charge in [0.2, 0.25) is 0 Å². The van der Waals surface area contributed by atoms with Crippen LogP contribution in [0.1, 0.15) is 36.0 Å². The van der Waals surface area contributed by atoms with E-state index in [0.29, 0.717) is 5.92 Å². The van der Waals surface area contributed by atoms with Gasteiger partial charge in [-0.3, -0.25) is 4.98 Å². The van der Waals surface area contributed by atoms with Gasteiger partial charge in [-0.1, -0.05) is 108 Å². The van der Waals surface area contributed by atoms with Crippen molar-refractivity contribution in [1.82, 2.24) is 4.98 Å². The van der Waals surface area contributed by atoms with Crippen LogP contribution in [-0.4, -0.2) is 4.98 Å². The van der Waals surface area contributed by atoms with Gasteiger partial charge in [0.25, 0.3) is 0 Å². The van der Waals surface area contributed by atoms with Crippen molar-refractivity contribution in [1.29, 1.82) is 0 Å². The molecule has 1 aromatic heterocycles. The van der Waals surface area contributed by atoms with Gasteiger partial charge < -0.3 is 0 Å². The fourth-order valence-corrected chi connectivity index (χ4v) is 6.15. The van der Waals surface area contributed by atoms with Crippen LogP contribution in [0.25, 0.3) is 32.3 Å². The van der Waals surface area contributed by atoms with Crippen LogP contribution in [-0.2, 0) is 6.42 Å². The lowest BCUT2D eigenvalue weighted by atomic mass is 9.72. The first-order valence-corrected chi connectivity index (χ1v) is 13.4. The molecular formula is C34H28BrN. The molecule has 7 rings (SSSR count). The Morgan fingerprint density at radius 3 is 2.28 bits per heavy atom. The van der Waals surface area contributed by atoms with Crippen LogP contribution in [0.5, 0.6) is 0 Å². The summed E-state index contributed by atoms with van der Waals surface area (Å²) in [5.74, 6) is 1.22. The highest BCUT2D eigenvalue weighted by Gasteiger charge is 2.27. The average molecular weight is 531 g/mol. The van der Waals surface area contributed by atoms with Crippen LogP contribution in [0.2, 0.25) is 0 Å². The van der Waals surface area contributed by atoms with Crippen LogP contribution >= 0.6 is 15.9 Å². The smallest absolute Gasteiger partial charge is 0.0346 e. The lowest BCUT2D eigenvalue weighted by molar-refractivity contribution is 0.467. The van der Waals surface area contributed by atoms with Crippen molar-refractivity contribution in [2.75, 3.05) is 0 Å². The Morgan fingerprint density at radius 1 is 0.694 bits per heavy atom. The standard InChI is InChI=1S/C25H21Br.C9H7N/c1-16-13-19-8-10-22-21-12-9-20(26)15-18(21)7-11-23(22)25(19)24(14-16)17-5-3-2-4-6-17;1-2-4-9-7-10-6-5-8(9)3-1/h2-12,15-16,24H,13-14H2,1H3;1-7H. The van der Waals surface area contributed by atoms with Crippen molar-refractivity contribution in [3.05, 3.63) is 137 Å². The summed E-state index contributed by atoms with van der Waals surface area (Å²) in [6.45, 7) is 2.39. The van der Waals surface area contributed by atoms with Crippen molar-refractivity contribution in [2.24, 2.45) is 5.92 Å². The third-order valence-electron chi connectivity index (χ3n) is 7.42. The van der Waals surface area contributed by atoms with Crippen molar-refractivity contribution in [3.63, 3.8) is 0 Å². The fourth-order valence-electron chi connectivity index (χ4n) is 5.77. The minimum absolute atomic E-state index is 0.492. The quantitative estimate of drug-likeness (QED) is 0.193. The Hall–Kier alpha value is -3.49. The molecule has 2 atom stereocenters. The second kappa shape index (κ2) is 9.87. The number of nitrogens with zero attached hydrogens (tertiary/aromatic N) is 1. The van der Waals surface area contributed by atoms with Crippen LogP contribution in [0.4, 0.5) is 0 Å². The van der Waals surface area contributed by atoms with E-state index in [1.165, 1.54) is 56.3 Å². The van der Waals surface area contributed by atoms with E-state index in [0.717, 1.165) is 10.4 Å². The van der Waals surface area contributed by atoms with Crippen molar-refractivity contribution in [2.45, 2.75) is 25.7 Å². The zero-order valence-electron chi connectivity index (χ0n) is 20.4. The van der Waals surface area contributed by atoms with Crippen molar-refractivity contribution >= 4 is 48.2 Å². The Labute approximate surface area is 221 Å². The molecule has 176 valence electrons. The summed E-state index contributed by atoms with van der Waals surface area (Å²) in [5, 5.41) is 7.90. The van der Waals surface area contributed by atoms with Gasteiger partial charge in [0.15, 0.2) is 0 Å². The molecule has 0 aliphatic heterocycles. The van der Waals surface area contributed by atoms with E-state index in [1.54, 1.807) is 5.56 Å². The molecule has 0 spiro atoms. The van der Waals surface area contributed by atoms with E-state index in [-0.39, 0.29) is 0 Å². The molecule has 6 aromatic rings. The zero-order valence-corrected chi connectivity index (χ0v) is 21.9. The summed E-state index contributed by atoms with van der Waals surface area (Å²) < 4.78 is 1.14. The zero-order chi connectivity index (χ0) is 24.5. The molecule has 5 aromatic carbocycles. The molecular weight excluding hydrogens is 502 g/mol. The second-order valence-electron chi connectivity index (χ2n) is 9.90. The Bertz CT molecular complexity index is 1610. The monoisotopic (exact) mass is 529 g/mol. The predicted molar refractivity (Wildman–Crippen MR) is 157 cm³/mol. The summed E-state index contributed by atoms with van der Waals surface area (Å²) in [7, 11) is 0. The number of aromatic nitrogens is 1. The number of pyridine rings is 1. The van der Waals surface area contributed by atoms with Gasteiger partial charge in [-0.25, -0.2) is 0 Å². The van der Waals surface area contributed by atoms with E-state index in [2.05, 4.69) is 113 Å².